The Hall–Kier alpha value is -2.49. The number of rotatable bonds is 6. The molecule has 1 amide bonds. The molecule has 0 aromatic heterocycles. The fourth-order valence-electron chi connectivity index (χ4n) is 6.74. The number of methoxy groups -OCH3 is 1. The van der Waals surface area contributed by atoms with E-state index in [1.54, 1.807) is 7.11 Å². The van der Waals surface area contributed by atoms with E-state index in [1.807, 2.05) is 12.1 Å². The van der Waals surface area contributed by atoms with E-state index in [0.717, 1.165) is 55.7 Å². The van der Waals surface area contributed by atoms with Crippen molar-refractivity contribution in [1.29, 1.82) is 0 Å². The Balaban J connectivity index is 1.69. The molecule has 0 N–H and O–H groups in total. The molecule has 4 heteroatoms. The zero-order valence-electron chi connectivity index (χ0n) is 22.5. The lowest BCUT2D eigenvalue weighted by Gasteiger charge is -2.50. The Kier molecular flexibility index (Phi) is 7.49. The van der Waals surface area contributed by atoms with E-state index in [1.165, 1.54) is 5.56 Å². The molecule has 35 heavy (non-hydrogen) atoms. The molecule has 2 aliphatic heterocycles. The zero-order chi connectivity index (χ0) is 25.2. The van der Waals surface area contributed by atoms with Crippen molar-refractivity contribution in [2.24, 2.45) is 11.3 Å². The van der Waals surface area contributed by atoms with Crippen molar-refractivity contribution in [2.45, 2.75) is 84.1 Å². The molecule has 4 atom stereocenters. The van der Waals surface area contributed by atoms with Crippen LogP contribution in [0.4, 0.5) is 0 Å². The van der Waals surface area contributed by atoms with Crippen LogP contribution >= 0.6 is 0 Å². The van der Waals surface area contributed by atoms with Crippen molar-refractivity contribution in [1.82, 2.24) is 4.90 Å². The molecule has 0 saturated carbocycles. The number of benzene rings is 2. The molecular weight excluding hydrogens is 434 g/mol. The summed E-state index contributed by atoms with van der Waals surface area (Å²) in [5.74, 6) is 2.32. The van der Waals surface area contributed by atoms with Crippen LogP contribution in [0.5, 0.6) is 11.5 Å². The van der Waals surface area contributed by atoms with Crippen LogP contribution in [0.3, 0.4) is 0 Å². The fourth-order valence-corrected chi connectivity index (χ4v) is 6.74. The summed E-state index contributed by atoms with van der Waals surface area (Å²) in [5.41, 5.74) is 2.30. The lowest BCUT2D eigenvalue weighted by atomic mass is 9.63. The van der Waals surface area contributed by atoms with E-state index in [2.05, 4.69) is 75.9 Å². The van der Waals surface area contributed by atoms with Gasteiger partial charge in [0.25, 0.3) is 0 Å². The summed E-state index contributed by atoms with van der Waals surface area (Å²) in [4.78, 5) is 16.8. The van der Waals surface area contributed by atoms with Gasteiger partial charge in [0.1, 0.15) is 0 Å². The first-order valence-corrected chi connectivity index (χ1v) is 13.4. The second-order valence-corrected chi connectivity index (χ2v) is 11.5. The third-order valence-electron chi connectivity index (χ3n) is 8.69. The summed E-state index contributed by atoms with van der Waals surface area (Å²) in [6.45, 7) is 12.7. The minimum Gasteiger partial charge on any atom is -0.493 e. The van der Waals surface area contributed by atoms with Gasteiger partial charge in [0.2, 0.25) is 5.91 Å². The summed E-state index contributed by atoms with van der Waals surface area (Å²) in [6.07, 6.45) is 4.61. The maximum absolute atomic E-state index is 14.5. The number of nitrogens with zero attached hydrogens (tertiary/aromatic N) is 1. The van der Waals surface area contributed by atoms with Crippen LogP contribution in [0.1, 0.15) is 83.8 Å². The largest absolute Gasteiger partial charge is 0.493 e. The van der Waals surface area contributed by atoms with E-state index >= 15 is 0 Å². The maximum Gasteiger partial charge on any atom is 0.226 e. The Morgan fingerprint density at radius 3 is 2.51 bits per heavy atom. The molecule has 1 fully saturated rings. The lowest BCUT2D eigenvalue weighted by Crippen LogP contribution is -2.56. The van der Waals surface area contributed by atoms with E-state index in [-0.39, 0.29) is 22.8 Å². The highest BCUT2D eigenvalue weighted by Gasteiger charge is 2.49. The molecule has 4 nitrogen and oxygen atoms in total. The van der Waals surface area contributed by atoms with Crippen LogP contribution in [0.2, 0.25) is 0 Å². The third kappa shape index (κ3) is 4.69. The number of hydrogen-bond donors (Lipinski definition) is 0. The molecule has 1 saturated heterocycles. The van der Waals surface area contributed by atoms with Gasteiger partial charge in [0, 0.05) is 29.5 Å². The average molecular weight is 478 g/mol. The minimum absolute atomic E-state index is 0.0115. The number of carbonyl (C=O) groups is 1. The molecule has 4 rings (SSSR count). The van der Waals surface area contributed by atoms with Gasteiger partial charge in [0.05, 0.1) is 13.7 Å². The number of amides is 1. The number of carbonyl (C=O) groups excluding carboxylic acids is 1. The molecule has 0 spiro atoms. The number of hydrogen-bond acceptors (Lipinski definition) is 3. The molecule has 190 valence electrons. The smallest absolute Gasteiger partial charge is 0.226 e. The number of piperidine rings is 1. The van der Waals surface area contributed by atoms with Crippen LogP contribution in [-0.2, 0) is 10.2 Å². The van der Waals surface area contributed by atoms with E-state index in [0.29, 0.717) is 18.4 Å². The summed E-state index contributed by atoms with van der Waals surface area (Å²) in [7, 11) is 1.69. The topological polar surface area (TPSA) is 38.8 Å². The minimum atomic E-state index is -0.243. The quantitative estimate of drug-likeness (QED) is 0.451. The average Bonchev–Trinajstić information content (AvgIpc) is 2.88. The molecule has 0 unspecified atom stereocenters. The van der Waals surface area contributed by atoms with Gasteiger partial charge in [-0.25, -0.2) is 0 Å². The standard InChI is InChI=1S/C31H43NO3/c1-7-24(31(8-2)18-20-35-28-25(31)15-12-16-26(28)34-6)29(33)32-19-17-23(21-27(32)30(3,4)5)22-13-10-9-11-14-22/h9-16,23-24,27H,7-8,17-21H2,1-6H3/t23-,24+,27+,31+/m1/s1. The summed E-state index contributed by atoms with van der Waals surface area (Å²) in [5, 5.41) is 0. The van der Waals surface area contributed by atoms with Crippen molar-refractivity contribution >= 4 is 5.91 Å². The van der Waals surface area contributed by atoms with Crippen LogP contribution in [0.25, 0.3) is 0 Å². The van der Waals surface area contributed by atoms with Gasteiger partial charge in [-0.3, -0.25) is 4.79 Å². The van der Waals surface area contributed by atoms with Gasteiger partial charge in [0.15, 0.2) is 11.5 Å². The highest BCUT2D eigenvalue weighted by molar-refractivity contribution is 5.82. The van der Waals surface area contributed by atoms with Gasteiger partial charge in [-0.05, 0) is 55.1 Å². The Morgan fingerprint density at radius 2 is 1.89 bits per heavy atom. The second-order valence-electron chi connectivity index (χ2n) is 11.5. The zero-order valence-corrected chi connectivity index (χ0v) is 22.5. The van der Waals surface area contributed by atoms with Crippen molar-refractivity contribution in [3.05, 3.63) is 59.7 Å². The maximum atomic E-state index is 14.5. The molecule has 0 radical (unpaired) electrons. The van der Waals surface area contributed by atoms with E-state index < -0.39 is 0 Å². The highest BCUT2D eigenvalue weighted by Crippen LogP contribution is 2.51. The van der Waals surface area contributed by atoms with Crippen molar-refractivity contribution in [2.75, 3.05) is 20.3 Å². The normalized spacial score (nSPS) is 25.4. The van der Waals surface area contributed by atoms with Gasteiger partial charge in [-0.2, -0.15) is 0 Å². The van der Waals surface area contributed by atoms with Gasteiger partial charge >= 0.3 is 0 Å². The monoisotopic (exact) mass is 477 g/mol. The molecular formula is C31H43NO3. The molecule has 2 heterocycles. The van der Waals surface area contributed by atoms with Crippen LogP contribution in [0.15, 0.2) is 48.5 Å². The lowest BCUT2D eigenvalue weighted by molar-refractivity contribution is -0.146. The Labute approximate surface area is 212 Å². The Morgan fingerprint density at radius 1 is 1.14 bits per heavy atom. The van der Waals surface area contributed by atoms with Crippen molar-refractivity contribution in [3.63, 3.8) is 0 Å². The van der Waals surface area contributed by atoms with E-state index in [4.69, 9.17) is 9.47 Å². The number of para-hydroxylation sites is 1. The predicted molar refractivity (Wildman–Crippen MR) is 142 cm³/mol. The van der Waals surface area contributed by atoms with Crippen LogP contribution in [-0.4, -0.2) is 37.1 Å². The number of likely N-dealkylation sites (tertiary alicyclic amines) is 1. The van der Waals surface area contributed by atoms with Crippen LogP contribution < -0.4 is 9.47 Å². The Bertz CT molecular complexity index is 1010. The summed E-state index contributed by atoms with van der Waals surface area (Å²) >= 11 is 0. The van der Waals surface area contributed by atoms with Gasteiger partial charge in [-0.15, -0.1) is 0 Å². The third-order valence-corrected chi connectivity index (χ3v) is 8.69. The molecule has 2 aliphatic rings. The highest BCUT2D eigenvalue weighted by atomic mass is 16.5. The first-order chi connectivity index (χ1) is 16.8. The van der Waals surface area contributed by atoms with Crippen molar-refractivity contribution in [3.8, 4) is 11.5 Å². The summed E-state index contributed by atoms with van der Waals surface area (Å²) < 4.78 is 11.7. The fraction of sp³-hybridized carbons (Fsp3) is 0.581. The van der Waals surface area contributed by atoms with Crippen molar-refractivity contribution < 1.29 is 14.3 Å². The molecule has 0 bridgehead atoms. The van der Waals surface area contributed by atoms with Gasteiger partial charge in [-0.1, -0.05) is 77.1 Å². The van der Waals surface area contributed by atoms with Gasteiger partial charge < -0.3 is 14.4 Å². The van der Waals surface area contributed by atoms with E-state index in [9.17, 15) is 4.79 Å². The first-order valence-electron chi connectivity index (χ1n) is 13.4. The molecule has 0 aliphatic carbocycles. The predicted octanol–water partition coefficient (Wildman–Crippen LogP) is 6.97. The molecule has 2 aromatic rings. The SMILES string of the molecule is CC[C@@H](C(=O)N1CC[C@@H](c2ccccc2)C[C@H]1C(C)(C)C)[C@]1(CC)CCOc2c(OC)cccc21. The second kappa shape index (κ2) is 10.2. The number of ether oxygens (including phenoxy) is 2. The van der Waals surface area contributed by atoms with Crippen LogP contribution in [0, 0.1) is 11.3 Å². The summed E-state index contributed by atoms with van der Waals surface area (Å²) in [6, 6.07) is 17.2. The first kappa shape index (κ1) is 25.6. The number of fused-ring (bicyclic) bond motifs is 1. The molecule has 2 aromatic carbocycles.